The second-order valence-corrected chi connectivity index (χ2v) is 3.39. The molecule has 0 amide bonds. The number of anilines is 1. The van der Waals surface area contributed by atoms with E-state index in [4.69, 9.17) is 15.2 Å². The van der Waals surface area contributed by atoms with Crippen molar-refractivity contribution in [3.8, 4) is 5.75 Å². The molecule has 1 rings (SSSR count). The Balaban J connectivity index is 3.05. The summed E-state index contributed by atoms with van der Waals surface area (Å²) in [5.74, 6) is -0.678. The van der Waals surface area contributed by atoms with Crippen LogP contribution in [0.3, 0.4) is 0 Å². The molecule has 0 aliphatic heterocycles. The number of ether oxygens (including phenoxy) is 2. The predicted molar refractivity (Wildman–Crippen MR) is 60.5 cm³/mol. The zero-order valence-corrected chi connectivity index (χ0v) is 10.1. The van der Waals surface area contributed by atoms with Crippen LogP contribution in [0.25, 0.3) is 0 Å². The van der Waals surface area contributed by atoms with E-state index in [1.807, 2.05) is 0 Å². The van der Waals surface area contributed by atoms with Gasteiger partial charge in [-0.3, -0.25) is 9.78 Å². The molecular formula is C11H14F2N2O3. The fourth-order valence-corrected chi connectivity index (χ4v) is 1.44. The summed E-state index contributed by atoms with van der Waals surface area (Å²) in [5, 5.41) is 0. The first kappa shape index (κ1) is 14.1. The van der Waals surface area contributed by atoms with Crippen LogP contribution in [0.1, 0.15) is 24.6 Å². The molecule has 0 spiro atoms. The summed E-state index contributed by atoms with van der Waals surface area (Å²) in [7, 11) is 1.23. The Morgan fingerprint density at radius 3 is 2.72 bits per heavy atom. The number of nitrogens with zero attached hydrogens (tertiary/aromatic N) is 1. The number of halogens is 2. The number of esters is 1. The second-order valence-electron chi connectivity index (χ2n) is 3.39. The number of alkyl halides is 2. The highest BCUT2D eigenvalue weighted by molar-refractivity contribution is 5.75. The number of rotatable bonds is 5. The summed E-state index contributed by atoms with van der Waals surface area (Å²) in [6.45, 7) is 1.89. The highest BCUT2D eigenvalue weighted by Crippen LogP contribution is 2.34. The Labute approximate surface area is 103 Å². The molecule has 0 saturated heterocycles. The average Bonchev–Trinajstić information content (AvgIpc) is 2.31. The minimum Gasteiger partial charge on any atom is -0.494 e. The van der Waals surface area contributed by atoms with Crippen molar-refractivity contribution in [1.29, 1.82) is 0 Å². The molecule has 0 unspecified atom stereocenters. The summed E-state index contributed by atoms with van der Waals surface area (Å²) in [6.07, 6.45) is -1.97. The average molecular weight is 260 g/mol. The summed E-state index contributed by atoms with van der Waals surface area (Å²) >= 11 is 0. The summed E-state index contributed by atoms with van der Waals surface area (Å²) in [5.41, 5.74) is 5.34. The van der Waals surface area contributed by atoms with Crippen molar-refractivity contribution in [1.82, 2.24) is 4.98 Å². The Kier molecular flexibility index (Phi) is 4.82. The van der Waals surface area contributed by atoms with Crippen LogP contribution in [0.4, 0.5) is 14.5 Å². The van der Waals surface area contributed by atoms with E-state index in [0.717, 1.165) is 6.20 Å². The van der Waals surface area contributed by atoms with Crippen molar-refractivity contribution in [2.24, 2.45) is 0 Å². The van der Waals surface area contributed by atoms with Crippen LogP contribution in [-0.4, -0.2) is 24.7 Å². The zero-order chi connectivity index (χ0) is 13.7. The van der Waals surface area contributed by atoms with Crippen LogP contribution >= 0.6 is 0 Å². The molecule has 18 heavy (non-hydrogen) atoms. The first-order valence-corrected chi connectivity index (χ1v) is 5.26. The number of hydrogen-bond acceptors (Lipinski definition) is 5. The van der Waals surface area contributed by atoms with Gasteiger partial charge in [0.05, 0.1) is 37.1 Å². The monoisotopic (exact) mass is 260 g/mol. The fraction of sp³-hybridized carbons (Fsp3) is 0.455. The van der Waals surface area contributed by atoms with Gasteiger partial charge in [0.25, 0.3) is 6.43 Å². The molecule has 0 radical (unpaired) electrons. The Bertz CT molecular complexity index is 439. The minimum atomic E-state index is -2.74. The van der Waals surface area contributed by atoms with Gasteiger partial charge >= 0.3 is 5.97 Å². The van der Waals surface area contributed by atoms with Crippen LogP contribution in [0.15, 0.2) is 6.20 Å². The maximum absolute atomic E-state index is 12.6. The number of aromatic nitrogens is 1. The third kappa shape index (κ3) is 3.06. The highest BCUT2D eigenvalue weighted by Gasteiger charge is 2.21. The van der Waals surface area contributed by atoms with Gasteiger partial charge in [0.1, 0.15) is 0 Å². The predicted octanol–water partition coefficient (Wildman–Crippen LogP) is 1.72. The van der Waals surface area contributed by atoms with Gasteiger partial charge in [0.2, 0.25) is 0 Å². The van der Waals surface area contributed by atoms with Crippen LogP contribution in [0.2, 0.25) is 0 Å². The molecule has 0 fully saturated rings. The van der Waals surface area contributed by atoms with Crippen LogP contribution < -0.4 is 10.5 Å². The van der Waals surface area contributed by atoms with Crippen LogP contribution in [0, 0.1) is 0 Å². The lowest BCUT2D eigenvalue weighted by atomic mass is 10.1. The van der Waals surface area contributed by atoms with Crippen molar-refractivity contribution >= 4 is 11.7 Å². The molecule has 1 aromatic heterocycles. The van der Waals surface area contributed by atoms with Crippen molar-refractivity contribution in [3.63, 3.8) is 0 Å². The van der Waals surface area contributed by atoms with Gasteiger partial charge in [-0.15, -0.1) is 0 Å². The Hall–Kier alpha value is -1.92. The molecule has 0 bridgehead atoms. The number of pyridine rings is 1. The van der Waals surface area contributed by atoms with Gasteiger partial charge in [0, 0.05) is 6.20 Å². The molecule has 0 aliphatic carbocycles. The van der Waals surface area contributed by atoms with Gasteiger partial charge in [-0.25, -0.2) is 8.78 Å². The lowest BCUT2D eigenvalue weighted by Crippen LogP contribution is -2.12. The molecule has 5 nitrogen and oxygen atoms in total. The third-order valence-corrected chi connectivity index (χ3v) is 2.23. The van der Waals surface area contributed by atoms with E-state index in [2.05, 4.69) is 4.98 Å². The van der Waals surface area contributed by atoms with Gasteiger partial charge < -0.3 is 15.2 Å². The first-order valence-electron chi connectivity index (χ1n) is 5.26. The topological polar surface area (TPSA) is 74.4 Å². The van der Waals surface area contributed by atoms with E-state index in [0.29, 0.717) is 0 Å². The number of nitrogens with two attached hydrogens (primary N) is 1. The fourth-order valence-electron chi connectivity index (χ4n) is 1.44. The standard InChI is InChI=1S/C11H14F2N2O3/c1-3-18-8(16)4-7-9(14)10(17-2)6(5-15-7)11(12)13/h5,11H,3-4,14H2,1-2H3. The smallest absolute Gasteiger partial charge is 0.311 e. The quantitative estimate of drug-likeness (QED) is 0.816. The van der Waals surface area contributed by atoms with E-state index in [1.54, 1.807) is 6.92 Å². The maximum atomic E-state index is 12.6. The molecule has 100 valence electrons. The van der Waals surface area contributed by atoms with E-state index in [-0.39, 0.29) is 30.2 Å². The number of carbonyl (C=O) groups excluding carboxylic acids is 1. The van der Waals surface area contributed by atoms with Gasteiger partial charge in [-0.2, -0.15) is 0 Å². The number of hydrogen-bond donors (Lipinski definition) is 1. The Morgan fingerprint density at radius 1 is 1.56 bits per heavy atom. The largest absolute Gasteiger partial charge is 0.494 e. The van der Waals surface area contributed by atoms with E-state index >= 15 is 0 Å². The molecule has 2 N–H and O–H groups in total. The molecule has 1 aromatic rings. The van der Waals surface area contributed by atoms with Crippen LogP contribution in [-0.2, 0) is 16.0 Å². The van der Waals surface area contributed by atoms with Crippen molar-refractivity contribution < 1.29 is 23.0 Å². The number of methoxy groups -OCH3 is 1. The minimum absolute atomic E-state index is 0.0663. The van der Waals surface area contributed by atoms with E-state index in [1.165, 1.54) is 7.11 Å². The lowest BCUT2D eigenvalue weighted by molar-refractivity contribution is -0.142. The molecule has 1 heterocycles. The normalized spacial score (nSPS) is 10.5. The maximum Gasteiger partial charge on any atom is 0.311 e. The summed E-state index contributed by atoms with van der Waals surface area (Å²) in [4.78, 5) is 15.0. The SMILES string of the molecule is CCOC(=O)Cc1ncc(C(F)F)c(OC)c1N. The van der Waals surface area contributed by atoms with Crippen molar-refractivity contribution in [2.45, 2.75) is 19.8 Å². The summed E-state index contributed by atoms with van der Waals surface area (Å²) in [6, 6.07) is 0. The molecule has 0 aromatic carbocycles. The van der Waals surface area contributed by atoms with Crippen molar-refractivity contribution in [2.75, 3.05) is 19.5 Å². The van der Waals surface area contributed by atoms with Crippen LogP contribution in [0.5, 0.6) is 5.75 Å². The zero-order valence-electron chi connectivity index (χ0n) is 10.1. The molecule has 7 heteroatoms. The lowest BCUT2D eigenvalue weighted by Gasteiger charge is -2.13. The van der Waals surface area contributed by atoms with Gasteiger partial charge in [-0.05, 0) is 6.92 Å². The molecule has 0 saturated carbocycles. The highest BCUT2D eigenvalue weighted by atomic mass is 19.3. The van der Waals surface area contributed by atoms with Crippen molar-refractivity contribution in [3.05, 3.63) is 17.5 Å². The Morgan fingerprint density at radius 2 is 2.22 bits per heavy atom. The van der Waals surface area contributed by atoms with Gasteiger partial charge in [-0.1, -0.05) is 0 Å². The number of carbonyl (C=O) groups is 1. The summed E-state index contributed by atoms with van der Waals surface area (Å²) < 4.78 is 34.8. The molecular weight excluding hydrogens is 246 g/mol. The first-order chi connectivity index (χ1) is 8.51. The third-order valence-electron chi connectivity index (χ3n) is 2.23. The molecule has 0 atom stereocenters. The molecule has 0 aliphatic rings. The van der Waals surface area contributed by atoms with Gasteiger partial charge in [0.15, 0.2) is 5.75 Å². The van der Waals surface area contributed by atoms with E-state index < -0.39 is 18.0 Å². The van der Waals surface area contributed by atoms with E-state index in [9.17, 15) is 13.6 Å². The second kappa shape index (κ2) is 6.13. The number of nitrogen functional groups attached to an aromatic ring is 1.